The Morgan fingerprint density at radius 3 is 2.34 bits per heavy atom. The Hall–Kier alpha value is -2.41. The normalized spacial score (nSPS) is 21.1. The number of benzene rings is 1. The van der Waals surface area contributed by atoms with Crippen molar-refractivity contribution in [3.63, 3.8) is 0 Å². The molecule has 0 bridgehead atoms. The summed E-state index contributed by atoms with van der Waals surface area (Å²) in [5, 5.41) is 2.63. The van der Waals surface area contributed by atoms with Gasteiger partial charge in [-0.2, -0.15) is 0 Å². The highest BCUT2D eigenvalue weighted by Crippen LogP contribution is 2.22. The summed E-state index contributed by atoms with van der Waals surface area (Å²) in [6.45, 7) is 4.79. The molecule has 0 aliphatic carbocycles. The van der Waals surface area contributed by atoms with E-state index in [0.29, 0.717) is 25.6 Å². The van der Waals surface area contributed by atoms with Crippen molar-refractivity contribution in [2.75, 3.05) is 46.3 Å². The summed E-state index contributed by atoms with van der Waals surface area (Å²) in [4.78, 5) is 42.4. The molecule has 3 rings (SSSR count). The van der Waals surface area contributed by atoms with Crippen molar-refractivity contribution in [3.05, 3.63) is 35.9 Å². The second kappa shape index (κ2) is 9.87. The van der Waals surface area contributed by atoms with E-state index in [2.05, 4.69) is 34.5 Å². The van der Waals surface area contributed by atoms with Crippen LogP contribution in [0.25, 0.3) is 0 Å². The summed E-state index contributed by atoms with van der Waals surface area (Å²) in [7, 11) is 1.56. The number of carbonyl (C=O) groups excluding carboxylic acids is 3. The maximum absolute atomic E-state index is 12.9. The molecule has 2 fully saturated rings. The van der Waals surface area contributed by atoms with Gasteiger partial charge < -0.3 is 15.1 Å². The third-order valence-electron chi connectivity index (χ3n) is 6.13. The van der Waals surface area contributed by atoms with Gasteiger partial charge in [0.1, 0.15) is 6.04 Å². The van der Waals surface area contributed by atoms with Crippen molar-refractivity contribution < 1.29 is 14.4 Å². The fraction of sp³-hybridized carbons (Fsp3) is 0.591. The highest BCUT2D eigenvalue weighted by Gasteiger charge is 2.36. The number of nitrogens with zero attached hydrogens (tertiary/aromatic N) is 3. The van der Waals surface area contributed by atoms with Gasteiger partial charge in [-0.15, -0.1) is 0 Å². The predicted octanol–water partition coefficient (Wildman–Crippen LogP) is 0.746. The first-order valence-corrected chi connectivity index (χ1v) is 10.5. The highest BCUT2D eigenvalue weighted by atomic mass is 16.2. The van der Waals surface area contributed by atoms with E-state index >= 15 is 0 Å². The van der Waals surface area contributed by atoms with Crippen molar-refractivity contribution in [3.8, 4) is 0 Å². The summed E-state index contributed by atoms with van der Waals surface area (Å²) in [6.07, 6.45) is 3.26. The molecule has 0 aromatic heterocycles. The molecule has 1 atom stereocenters. The van der Waals surface area contributed by atoms with E-state index in [9.17, 15) is 14.4 Å². The van der Waals surface area contributed by atoms with Crippen LogP contribution in [0.4, 0.5) is 0 Å². The van der Waals surface area contributed by atoms with Crippen LogP contribution in [0, 0.1) is 5.92 Å². The molecule has 2 aliphatic heterocycles. The highest BCUT2D eigenvalue weighted by molar-refractivity contribution is 5.89. The number of piperazine rings is 1. The predicted molar refractivity (Wildman–Crippen MR) is 111 cm³/mol. The molecule has 2 saturated heterocycles. The zero-order valence-corrected chi connectivity index (χ0v) is 17.5. The number of piperidine rings is 1. The minimum absolute atomic E-state index is 0.0247. The summed E-state index contributed by atoms with van der Waals surface area (Å²) < 4.78 is 0. The van der Waals surface area contributed by atoms with E-state index in [0.717, 1.165) is 32.4 Å². The first-order chi connectivity index (χ1) is 14.0. The molecule has 1 aromatic carbocycles. The maximum Gasteiger partial charge on any atom is 0.244 e. The molecule has 158 valence electrons. The molecule has 0 spiro atoms. The fourth-order valence-corrected chi connectivity index (χ4v) is 4.34. The van der Waals surface area contributed by atoms with Crippen LogP contribution < -0.4 is 5.32 Å². The van der Waals surface area contributed by atoms with Gasteiger partial charge in [0.2, 0.25) is 17.7 Å². The lowest BCUT2D eigenvalue weighted by atomic mass is 9.90. The average molecular weight is 401 g/mol. The van der Waals surface area contributed by atoms with Gasteiger partial charge in [-0.1, -0.05) is 30.3 Å². The van der Waals surface area contributed by atoms with Gasteiger partial charge in [0, 0.05) is 27.1 Å². The van der Waals surface area contributed by atoms with Crippen LogP contribution >= 0.6 is 0 Å². The van der Waals surface area contributed by atoms with Crippen LogP contribution in [0.15, 0.2) is 30.3 Å². The second-order valence-electron chi connectivity index (χ2n) is 8.09. The minimum atomic E-state index is -0.610. The van der Waals surface area contributed by atoms with Gasteiger partial charge >= 0.3 is 0 Å². The zero-order chi connectivity index (χ0) is 20.8. The Bertz CT molecular complexity index is 716. The zero-order valence-electron chi connectivity index (χ0n) is 17.5. The second-order valence-corrected chi connectivity index (χ2v) is 8.09. The first-order valence-electron chi connectivity index (χ1n) is 10.5. The van der Waals surface area contributed by atoms with Gasteiger partial charge in [-0.05, 0) is 43.8 Å². The molecule has 2 aliphatic rings. The number of nitrogens with one attached hydrogen (secondary N) is 1. The van der Waals surface area contributed by atoms with Crippen LogP contribution in [0.3, 0.4) is 0 Å². The molecule has 2 heterocycles. The molecule has 1 aromatic rings. The van der Waals surface area contributed by atoms with E-state index in [-0.39, 0.29) is 24.3 Å². The fourth-order valence-electron chi connectivity index (χ4n) is 4.34. The summed E-state index contributed by atoms with van der Waals surface area (Å²) >= 11 is 0. The maximum atomic E-state index is 12.9. The summed E-state index contributed by atoms with van der Waals surface area (Å²) in [5.74, 6) is 0.349. The van der Waals surface area contributed by atoms with E-state index in [1.54, 1.807) is 16.8 Å². The number of amides is 3. The lowest BCUT2D eigenvalue weighted by molar-refractivity contribution is -0.148. The summed E-state index contributed by atoms with van der Waals surface area (Å²) in [6, 6.07) is 9.95. The standard InChI is InChI=1S/C22H32N4O3/c1-17(27)25-12-13-26(20(15-25)22(29)23-2)21(28)16-24-10-8-19(9-11-24)14-18-6-4-3-5-7-18/h3-7,19-20H,8-16H2,1-2H3,(H,23,29). The van der Waals surface area contributed by atoms with Gasteiger partial charge in [-0.25, -0.2) is 0 Å². The number of carbonyl (C=O) groups is 3. The SMILES string of the molecule is CNC(=O)C1CN(C(C)=O)CCN1C(=O)CN1CCC(Cc2ccccc2)CC1. The molecular weight excluding hydrogens is 368 g/mol. The van der Waals surface area contributed by atoms with Crippen LogP contribution in [0.1, 0.15) is 25.3 Å². The van der Waals surface area contributed by atoms with Gasteiger partial charge in [0.25, 0.3) is 0 Å². The minimum Gasteiger partial charge on any atom is -0.357 e. The van der Waals surface area contributed by atoms with Gasteiger partial charge in [0.15, 0.2) is 0 Å². The Kier molecular flexibility index (Phi) is 7.25. The molecular formula is C22H32N4O3. The average Bonchev–Trinajstić information content (AvgIpc) is 2.74. The third kappa shape index (κ3) is 5.56. The quantitative estimate of drug-likeness (QED) is 0.792. The van der Waals surface area contributed by atoms with E-state index < -0.39 is 6.04 Å². The molecule has 0 saturated carbocycles. The number of likely N-dealkylation sites (N-methyl/N-ethyl adjacent to an activating group) is 1. The van der Waals surface area contributed by atoms with Gasteiger partial charge in [-0.3, -0.25) is 19.3 Å². The van der Waals surface area contributed by atoms with Gasteiger partial charge in [0.05, 0.1) is 13.1 Å². The lowest BCUT2D eigenvalue weighted by Gasteiger charge is -2.41. The van der Waals surface area contributed by atoms with E-state index in [1.807, 2.05) is 6.07 Å². The van der Waals surface area contributed by atoms with Crippen LogP contribution in [0.2, 0.25) is 0 Å². The number of likely N-dealkylation sites (tertiary alicyclic amines) is 1. The van der Waals surface area contributed by atoms with Crippen molar-refractivity contribution >= 4 is 17.7 Å². The van der Waals surface area contributed by atoms with Crippen molar-refractivity contribution in [1.29, 1.82) is 0 Å². The molecule has 7 heteroatoms. The Balaban J connectivity index is 1.51. The van der Waals surface area contributed by atoms with Crippen LogP contribution in [-0.2, 0) is 20.8 Å². The Labute approximate surface area is 173 Å². The van der Waals surface area contributed by atoms with Crippen LogP contribution in [0.5, 0.6) is 0 Å². The molecule has 3 amide bonds. The number of hydrogen-bond acceptors (Lipinski definition) is 4. The monoisotopic (exact) mass is 400 g/mol. The summed E-state index contributed by atoms with van der Waals surface area (Å²) in [5.41, 5.74) is 1.37. The largest absolute Gasteiger partial charge is 0.357 e. The topological polar surface area (TPSA) is 73.0 Å². The molecule has 29 heavy (non-hydrogen) atoms. The van der Waals surface area contributed by atoms with Crippen molar-refractivity contribution in [2.24, 2.45) is 5.92 Å². The number of hydrogen-bond donors (Lipinski definition) is 1. The molecule has 7 nitrogen and oxygen atoms in total. The van der Waals surface area contributed by atoms with Crippen LogP contribution in [-0.4, -0.2) is 84.8 Å². The number of rotatable bonds is 5. The first kappa shape index (κ1) is 21.3. The Morgan fingerprint density at radius 1 is 1.03 bits per heavy atom. The molecule has 1 N–H and O–H groups in total. The van der Waals surface area contributed by atoms with Crippen molar-refractivity contribution in [2.45, 2.75) is 32.2 Å². The molecule has 0 radical (unpaired) electrons. The Morgan fingerprint density at radius 2 is 1.72 bits per heavy atom. The third-order valence-corrected chi connectivity index (χ3v) is 6.13. The molecule has 1 unspecified atom stereocenters. The van der Waals surface area contributed by atoms with E-state index in [4.69, 9.17) is 0 Å². The lowest BCUT2D eigenvalue weighted by Crippen LogP contribution is -2.62. The van der Waals surface area contributed by atoms with E-state index in [1.165, 1.54) is 12.5 Å². The van der Waals surface area contributed by atoms with Crippen molar-refractivity contribution in [1.82, 2.24) is 20.0 Å². The smallest absolute Gasteiger partial charge is 0.244 e.